The number of allylic oxidation sites excluding steroid dienone is 3. The molecule has 1 heterocycles. The van der Waals surface area contributed by atoms with E-state index < -0.39 is 5.67 Å². The Labute approximate surface area is 143 Å². The predicted molar refractivity (Wildman–Crippen MR) is 95.5 cm³/mol. The van der Waals surface area contributed by atoms with Crippen LogP contribution in [-0.4, -0.2) is 36.2 Å². The van der Waals surface area contributed by atoms with Crippen molar-refractivity contribution >= 4 is 0 Å². The summed E-state index contributed by atoms with van der Waals surface area (Å²) in [5.41, 5.74) is -0.834. The summed E-state index contributed by atoms with van der Waals surface area (Å²) in [5, 5.41) is 9.62. The molecule has 0 radical (unpaired) electrons. The van der Waals surface area contributed by atoms with Crippen LogP contribution in [0.5, 0.6) is 5.75 Å². The van der Waals surface area contributed by atoms with Gasteiger partial charge in [-0.05, 0) is 36.3 Å². The molecule has 0 aliphatic carbocycles. The molecule has 2 rings (SSSR count). The monoisotopic (exact) mass is 331 g/mol. The third kappa shape index (κ3) is 4.26. The maximum Gasteiger partial charge on any atom is 0.141 e. The van der Waals surface area contributed by atoms with Crippen molar-refractivity contribution in [2.24, 2.45) is 5.92 Å². The van der Waals surface area contributed by atoms with Crippen molar-refractivity contribution in [3.8, 4) is 5.75 Å². The summed E-state index contributed by atoms with van der Waals surface area (Å²) in [6.07, 6.45) is 5.48. The van der Waals surface area contributed by atoms with Gasteiger partial charge in [-0.3, -0.25) is 4.90 Å². The van der Waals surface area contributed by atoms with E-state index in [-0.39, 0.29) is 11.7 Å². The van der Waals surface area contributed by atoms with E-state index in [0.717, 1.165) is 6.54 Å². The van der Waals surface area contributed by atoms with Gasteiger partial charge in [-0.25, -0.2) is 4.39 Å². The van der Waals surface area contributed by atoms with Gasteiger partial charge in [0.1, 0.15) is 23.8 Å². The lowest BCUT2D eigenvalue weighted by molar-refractivity contribution is -0.00460. The number of phenols is 1. The fraction of sp³-hybridized carbons (Fsp3) is 0.400. The second-order valence-electron chi connectivity index (χ2n) is 6.22. The maximum absolute atomic E-state index is 15.5. The molecule has 1 saturated heterocycles. The van der Waals surface area contributed by atoms with Crippen LogP contribution in [0.4, 0.5) is 4.39 Å². The Morgan fingerprint density at radius 3 is 2.92 bits per heavy atom. The molecular formula is C20H26FNO2. The zero-order chi connectivity index (χ0) is 17.6. The summed E-state index contributed by atoms with van der Waals surface area (Å²) in [6.45, 7) is 11.8. The molecule has 0 bridgehead atoms. The normalized spacial score (nSPS) is 25.2. The Morgan fingerprint density at radius 2 is 2.29 bits per heavy atom. The second-order valence-corrected chi connectivity index (χ2v) is 6.22. The fourth-order valence-electron chi connectivity index (χ4n) is 3.17. The molecule has 0 aromatic heterocycles. The zero-order valence-corrected chi connectivity index (χ0v) is 14.2. The van der Waals surface area contributed by atoms with Gasteiger partial charge in [-0.2, -0.15) is 0 Å². The summed E-state index contributed by atoms with van der Waals surface area (Å²) < 4.78 is 21.1. The number of phenolic OH excluding ortho intramolecular Hbond substituents is 1. The third-order valence-corrected chi connectivity index (χ3v) is 4.59. The van der Waals surface area contributed by atoms with Crippen LogP contribution in [0.1, 0.15) is 18.9 Å². The number of ether oxygens (including phenoxy) is 1. The molecule has 3 nitrogen and oxygen atoms in total. The van der Waals surface area contributed by atoms with Gasteiger partial charge in [0.15, 0.2) is 0 Å². The molecule has 1 fully saturated rings. The van der Waals surface area contributed by atoms with E-state index in [1.165, 1.54) is 6.07 Å². The van der Waals surface area contributed by atoms with Crippen molar-refractivity contribution < 1.29 is 14.2 Å². The van der Waals surface area contributed by atoms with Crippen LogP contribution >= 0.6 is 0 Å². The standard InChI is InChI=1S/C20H26FNO2/c1-4-7-19(5-2)24-13-12-22-11-10-20(21,16(3)15-22)17-8-6-9-18(23)14-17/h4-9,14,16,23H,1-2,10-13,15H2,3H3/b19-7+. The van der Waals surface area contributed by atoms with Gasteiger partial charge in [-0.15, -0.1) is 0 Å². The maximum atomic E-state index is 15.5. The first-order valence-corrected chi connectivity index (χ1v) is 8.28. The molecule has 1 aliphatic rings. The molecule has 1 aliphatic heterocycles. The SMILES string of the molecule is C=C/C=C(\C=C)OCCN1CCC(F)(c2cccc(O)c2)C(C)C1. The Hall–Kier alpha value is -2.07. The van der Waals surface area contributed by atoms with Gasteiger partial charge in [-0.1, -0.05) is 38.3 Å². The van der Waals surface area contributed by atoms with E-state index in [9.17, 15) is 5.11 Å². The van der Waals surface area contributed by atoms with Gasteiger partial charge >= 0.3 is 0 Å². The number of hydrogen-bond donors (Lipinski definition) is 1. The van der Waals surface area contributed by atoms with E-state index in [4.69, 9.17) is 4.74 Å². The minimum absolute atomic E-state index is 0.110. The first-order valence-electron chi connectivity index (χ1n) is 8.28. The van der Waals surface area contributed by atoms with Crippen molar-refractivity contribution in [1.29, 1.82) is 0 Å². The van der Waals surface area contributed by atoms with Crippen molar-refractivity contribution in [1.82, 2.24) is 4.90 Å². The minimum Gasteiger partial charge on any atom is -0.508 e. The highest BCUT2D eigenvalue weighted by molar-refractivity contribution is 5.32. The number of benzene rings is 1. The number of halogens is 1. The number of aromatic hydroxyl groups is 1. The van der Waals surface area contributed by atoms with E-state index in [2.05, 4.69) is 18.1 Å². The van der Waals surface area contributed by atoms with Crippen LogP contribution in [-0.2, 0) is 10.4 Å². The minimum atomic E-state index is -1.40. The van der Waals surface area contributed by atoms with Crippen molar-refractivity contribution in [2.75, 3.05) is 26.2 Å². The number of nitrogens with zero attached hydrogens (tertiary/aromatic N) is 1. The van der Waals surface area contributed by atoms with E-state index in [1.54, 1.807) is 36.4 Å². The molecular weight excluding hydrogens is 305 g/mol. The van der Waals surface area contributed by atoms with Crippen molar-refractivity contribution in [2.45, 2.75) is 19.0 Å². The lowest BCUT2D eigenvalue weighted by Crippen LogP contribution is -2.47. The molecule has 0 amide bonds. The first kappa shape index (κ1) is 18.3. The highest BCUT2D eigenvalue weighted by atomic mass is 19.1. The molecule has 1 aromatic rings. The van der Waals surface area contributed by atoms with E-state index in [1.807, 2.05) is 6.92 Å². The van der Waals surface area contributed by atoms with Gasteiger partial charge in [0.2, 0.25) is 0 Å². The molecule has 0 spiro atoms. The van der Waals surface area contributed by atoms with Gasteiger partial charge in [0.05, 0.1) is 0 Å². The predicted octanol–water partition coefficient (Wildman–Crippen LogP) is 4.17. The highest BCUT2D eigenvalue weighted by Crippen LogP contribution is 2.41. The highest BCUT2D eigenvalue weighted by Gasteiger charge is 2.42. The third-order valence-electron chi connectivity index (χ3n) is 4.59. The summed E-state index contributed by atoms with van der Waals surface area (Å²) >= 11 is 0. The average molecular weight is 331 g/mol. The first-order chi connectivity index (χ1) is 11.5. The zero-order valence-electron chi connectivity index (χ0n) is 14.2. The summed E-state index contributed by atoms with van der Waals surface area (Å²) in [5.74, 6) is 0.642. The van der Waals surface area contributed by atoms with E-state index in [0.29, 0.717) is 37.4 Å². The molecule has 2 unspecified atom stereocenters. The molecule has 0 saturated carbocycles. The lowest BCUT2D eigenvalue weighted by Gasteiger charge is -2.41. The Bertz CT molecular complexity index is 613. The van der Waals surface area contributed by atoms with Crippen LogP contribution in [0.25, 0.3) is 0 Å². The Morgan fingerprint density at radius 1 is 1.50 bits per heavy atom. The Kier molecular flexibility index (Phi) is 6.21. The topological polar surface area (TPSA) is 32.7 Å². The molecule has 130 valence electrons. The fourth-order valence-corrected chi connectivity index (χ4v) is 3.17. The van der Waals surface area contributed by atoms with Crippen LogP contribution in [0.2, 0.25) is 0 Å². The number of hydrogen-bond acceptors (Lipinski definition) is 3. The van der Waals surface area contributed by atoms with Gasteiger partial charge < -0.3 is 9.84 Å². The van der Waals surface area contributed by atoms with Gasteiger partial charge in [0.25, 0.3) is 0 Å². The Balaban J connectivity index is 1.92. The number of likely N-dealkylation sites (tertiary alicyclic amines) is 1. The quantitative estimate of drug-likeness (QED) is 0.601. The number of piperidine rings is 1. The molecule has 24 heavy (non-hydrogen) atoms. The average Bonchev–Trinajstić information content (AvgIpc) is 2.57. The van der Waals surface area contributed by atoms with Gasteiger partial charge in [0, 0.05) is 25.6 Å². The molecule has 1 aromatic carbocycles. The van der Waals surface area contributed by atoms with E-state index >= 15 is 4.39 Å². The van der Waals surface area contributed by atoms with Crippen molar-refractivity contribution in [3.63, 3.8) is 0 Å². The number of alkyl halides is 1. The number of rotatable bonds is 7. The lowest BCUT2D eigenvalue weighted by atomic mass is 9.78. The molecule has 4 heteroatoms. The van der Waals surface area contributed by atoms with Crippen molar-refractivity contribution in [3.05, 3.63) is 67.0 Å². The van der Waals surface area contributed by atoms with Crippen LogP contribution < -0.4 is 0 Å². The van der Waals surface area contributed by atoms with Crippen LogP contribution in [0, 0.1) is 5.92 Å². The molecule has 1 N–H and O–H groups in total. The second kappa shape index (κ2) is 8.15. The summed E-state index contributed by atoms with van der Waals surface area (Å²) in [4.78, 5) is 2.21. The smallest absolute Gasteiger partial charge is 0.141 e. The summed E-state index contributed by atoms with van der Waals surface area (Å²) in [7, 11) is 0. The summed E-state index contributed by atoms with van der Waals surface area (Å²) in [6, 6.07) is 6.55. The van der Waals surface area contributed by atoms with Crippen LogP contribution in [0.3, 0.4) is 0 Å². The largest absolute Gasteiger partial charge is 0.508 e. The van der Waals surface area contributed by atoms with Crippen LogP contribution in [0.15, 0.2) is 61.4 Å². The molecule has 2 atom stereocenters.